The van der Waals surface area contributed by atoms with Gasteiger partial charge < -0.3 is 33.9 Å². The van der Waals surface area contributed by atoms with Crippen LogP contribution in [0.5, 0.6) is 11.5 Å². The Morgan fingerprint density at radius 2 is 1.24 bits per heavy atom. The van der Waals surface area contributed by atoms with E-state index in [1.807, 2.05) is 65.8 Å². The average Bonchev–Trinajstić information content (AvgIpc) is 2.92. The van der Waals surface area contributed by atoms with Crippen molar-refractivity contribution in [3.8, 4) is 11.5 Å². The highest BCUT2D eigenvalue weighted by Crippen LogP contribution is 2.40. The van der Waals surface area contributed by atoms with E-state index < -0.39 is 28.8 Å². The Morgan fingerprint density at radius 1 is 0.805 bits per heavy atom. The van der Waals surface area contributed by atoms with Gasteiger partial charge in [-0.3, -0.25) is 4.79 Å². The highest BCUT2D eigenvalue weighted by molar-refractivity contribution is 5.69. The molecule has 2 saturated heterocycles. The van der Waals surface area contributed by atoms with Crippen LogP contribution < -0.4 is 0 Å². The van der Waals surface area contributed by atoms with E-state index in [4.69, 9.17) is 23.7 Å². The van der Waals surface area contributed by atoms with Gasteiger partial charge in [-0.05, 0) is 67.5 Å². The van der Waals surface area contributed by atoms with E-state index in [0.717, 1.165) is 33.4 Å². The molecule has 2 aromatic rings. The van der Waals surface area contributed by atoms with Crippen LogP contribution in [0.4, 0.5) is 0 Å². The number of phenolic OH excluding ortho intramolecular Hbond substituents is 2. The lowest BCUT2D eigenvalue weighted by Gasteiger charge is -2.48. The van der Waals surface area contributed by atoms with Crippen molar-refractivity contribution in [3.63, 3.8) is 0 Å². The van der Waals surface area contributed by atoms with Gasteiger partial charge in [0.1, 0.15) is 18.1 Å². The molecule has 2 aliphatic rings. The van der Waals surface area contributed by atoms with Crippen LogP contribution in [-0.4, -0.2) is 61.8 Å². The highest BCUT2D eigenvalue weighted by atomic mass is 16.7. The Hall–Kier alpha value is -2.65. The zero-order chi connectivity index (χ0) is 30.2. The summed E-state index contributed by atoms with van der Waals surface area (Å²) in [5.74, 6) is 0.328. The Bertz CT molecular complexity index is 1200. The molecule has 0 saturated carbocycles. The molecule has 0 aliphatic carbocycles. The zero-order valence-corrected chi connectivity index (χ0v) is 25.8. The molecule has 2 N–H and O–H groups in total. The number of hydrogen-bond donors (Lipinski definition) is 2. The molecule has 1 spiro atoms. The minimum Gasteiger partial charge on any atom is -0.507 e. The number of benzene rings is 2. The number of aromatic hydroxyl groups is 2. The molecule has 0 aromatic heterocycles. The van der Waals surface area contributed by atoms with Crippen LogP contribution in [0.1, 0.15) is 67.5 Å². The fraction of sp³-hybridized carbons (Fsp3) is 0.606. The summed E-state index contributed by atoms with van der Waals surface area (Å²) in [5, 5.41) is 20.1. The third-order valence-electron chi connectivity index (χ3n) is 8.40. The number of phenols is 2. The second kappa shape index (κ2) is 11.9. The SMILES string of the molecule is Cc1cc(CCC(=O)OCC(C)(C)C2OCC3(CO2)COC(C(C)(C)c2cc(C)c(O)c(C)c2)OC3)cc(C)c1O. The van der Waals surface area contributed by atoms with Gasteiger partial charge in [-0.25, -0.2) is 0 Å². The van der Waals surface area contributed by atoms with Gasteiger partial charge in [-0.15, -0.1) is 0 Å². The summed E-state index contributed by atoms with van der Waals surface area (Å²) in [7, 11) is 0. The molecular weight excluding hydrogens is 524 g/mol. The first-order valence-electron chi connectivity index (χ1n) is 14.4. The third kappa shape index (κ3) is 6.88. The second-order valence-corrected chi connectivity index (χ2v) is 13.3. The lowest BCUT2D eigenvalue weighted by molar-refractivity contribution is -0.330. The fourth-order valence-electron chi connectivity index (χ4n) is 5.53. The Balaban J connectivity index is 1.25. The van der Waals surface area contributed by atoms with E-state index in [-0.39, 0.29) is 19.0 Å². The molecule has 2 fully saturated rings. The second-order valence-electron chi connectivity index (χ2n) is 13.3. The van der Waals surface area contributed by atoms with E-state index in [9.17, 15) is 15.0 Å². The van der Waals surface area contributed by atoms with E-state index >= 15 is 0 Å². The van der Waals surface area contributed by atoms with Crippen molar-refractivity contribution in [3.05, 3.63) is 57.6 Å². The minimum atomic E-state index is -0.543. The zero-order valence-electron chi connectivity index (χ0n) is 25.8. The van der Waals surface area contributed by atoms with Crippen molar-refractivity contribution in [1.29, 1.82) is 0 Å². The van der Waals surface area contributed by atoms with Gasteiger partial charge in [0.15, 0.2) is 12.6 Å². The van der Waals surface area contributed by atoms with Crippen molar-refractivity contribution >= 4 is 5.97 Å². The summed E-state index contributed by atoms with van der Waals surface area (Å²) in [6, 6.07) is 7.77. The van der Waals surface area contributed by atoms with Gasteiger partial charge in [0.05, 0.1) is 31.8 Å². The number of ether oxygens (including phenoxy) is 5. The van der Waals surface area contributed by atoms with Crippen LogP contribution >= 0.6 is 0 Å². The van der Waals surface area contributed by atoms with Crippen molar-refractivity contribution in [2.75, 3.05) is 33.0 Å². The maximum atomic E-state index is 12.5. The minimum absolute atomic E-state index is 0.172. The molecule has 4 rings (SSSR count). The quantitative estimate of drug-likeness (QED) is 0.399. The Labute approximate surface area is 243 Å². The Morgan fingerprint density at radius 3 is 1.73 bits per heavy atom. The first-order valence-corrected chi connectivity index (χ1v) is 14.4. The van der Waals surface area contributed by atoms with Crippen LogP contribution in [-0.2, 0) is 40.3 Å². The van der Waals surface area contributed by atoms with Gasteiger partial charge in [0.2, 0.25) is 0 Å². The van der Waals surface area contributed by atoms with Crippen LogP contribution in [0.15, 0.2) is 24.3 Å². The molecule has 0 atom stereocenters. The third-order valence-corrected chi connectivity index (χ3v) is 8.40. The van der Waals surface area contributed by atoms with E-state index in [1.54, 1.807) is 0 Å². The van der Waals surface area contributed by atoms with E-state index in [1.165, 1.54) is 0 Å². The lowest BCUT2D eigenvalue weighted by Crippen LogP contribution is -2.57. The van der Waals surface area contributed by atoms with Gasteiger partial charge in [-0.1, -0.05) is 52.0 Å². The molecule has 0 radical (unpaired) electrons. The van der Waals surface area contributed by atoms with Gasteiger partial charge in [0, 0.05) is 17.3 Å². The summed E-state index contributed by atoms with van der Waals surface area (Å²) in [5.41, 5.74) is 3.93. The number of carbonyl (C=O) groups is 1. The molecule has 2 aromatic carbocycles. The molecule has 0 amide bonds. The van der Waals surface area contributed by atoms with Crippen LogP contribution in [0, 0.1) is 38.5 Å². The van der Waals surface area contributed by atoms with Gasteiger partial charge in [-0.2, -0.15) is 0 Å². The summed E-state index contributed by atoms with van der Waals surface area (Å²) < 4.78 is 30.4. The lowest BCUT2D eigenvalue weighted by atomic mass is 9.81. The molecule has 8 nitrogen and oxygen atoms in total. The maximum Gasteiger partial charge on any atom is 0.306 e. The van der Waals surface area contributed by atoms with E-state index in [0.29, 0.717) is 44.3 Å². The number of esters is 1. The molecule has 2 aliphatic heterocycles. The smallest absolute Gasteiger partial charge is 0.306 e. The number of rotatable bonds is 8. The van der Waals surface area contributed by atoms with Crippen molar-refractivity contribution in [2.45, 2.75) is 86.2 Å². The monoisotopic (exact) mass is 570 g/mol. The fourth-order valence-corrected chi connectivity index (χ4v) is 5.53. The number of aryl methyl sites for hydroxylation is 5. The topological polar surface area (TPSA) is 104 Å². The molecule has 0 unspecified atom stereocenters. The van der Waals surface area contributed by atoms with Gasteiger partial charge in [0.25, 0.3) is 0 Å². The molecule has 41 heavy (non-hydrogen) atoms. The predicted octanol–water partition coefficient (Wildman–Crippen LogP) is 5.54. The average molecular weight is 571 g/mol. The maximum absolute atomic E-state index is 12.5. The first kappa shape index (κ1) is 31.3. The summed E-state index contributed by atoms with van der Waals surface area (Å²) >= 11 is 0. The highest BCUT2D eigenvalue weighted by Gasteiger charge is 2.48. The van der Waals surface area contributed by atoms with Crippen LogP contribution in [0.2, 0.25) is 0 Å². The van der Waals surface area contributed by atoms with Crippen molar-refractivity contribution in [2.24, 2.45) is 10.8 Å². The molecule has 226 valence electrons. The van der Waals surface area contributed by atoms with Crippen LogP contribution in [0.25, 0.3) is 0 Å². The standard InChI is InChI=1S/C33H46O8/c1-20-11-24(12-21(2)27(20)35)9-10-26(34)37-15-31(5,6)29-38-16-33(17-39-29)18-40-30(41-19-33)32(7,8)25-13-22(3)28(36)23(4)14-25/h11-14,29-30,35-36H,9-10,15-19H2,1-8H3. The molecule has 8 heteroatoms. The normalized spacial score (nSPS) is 23.5. The summed E-state index contributed by atoms with van der Waals surface area (Å²) in [4.78, 5) is 12.5. The molecule has 0 bridgehead atoms. The largest absolute Gasteiger partial charge is 0.507 e. The van der Waals surface area contributed by atoms with Gasteiger partial charge >= 0.3 is 5.97 Å². The van der Waals surface area contributed by atoms with E-state index in [2.05, 4.69) is 13.8 Å². The Kier molecular flexibility index (Phi) is 9.10. The molecular formula is C33H46O8. The number of hydrogen-bond acceptors (Lipinski definition) is 8. The van der Waals surface area contributed by atoms with Crippen molar-refractivity contribution in [1.82, 2.24) is 0 Å². The van der Waals surface area contributed by atoms with Crippen LogP contribution in [0.3, 0.4) is 0 Å². The van der Waals surface area contributed by atoms with Crippen molar-refractivity contribution < 1.29 is 38.7 Å². The summed E-state index contributed by atoms with van der Waals surface area (Å²) in [6.45, 7) is 17.5. The first-order chi connectivity index (χ1) is 19.1. The summed E-state index contributed by atoms with van der Waals surface area (Å²) in [6.07, 6.45) is -0.172. The predicted molar refractivity (Wildman–Crippen MR) is 155 cm³/mol. The molecule has 2 heterocycles. The number of carbonyl (C=O) groups excluding carboxylic acids is 1.